The van der Waals surface area contributed by atoms with E-state index in [1.807, 2.05) is 0 Å². The third kappa shape index (κ3) is 4.60. The van der Waals surface area contributed by atoms with Gasteiger partial charge in [-0.3, -0.25) is 0 Å². The molecule has 1 saturated carbocycles. The van der Waals surface area contributed by atoms with Gasteiger partial charge < -0.3 is 10.3 Å². The SMILES string of the molecule is Nc1nc(F)nc2c1nc(Cc1cc3c(cc1I)CCC3)n2CCCS(=O)(=O)NC1CC1. The fraction of sp³-hybridized carbons (Fsp3) is 0.476. The first kappa shape index (κ1) is 22.0. The minimum atomic E-state index is -3.34. The second-order valence-electron chi connectivity index (χ2n) is 8.54. The van der Waals surface area contributed by atoms with Crippen molar-refractivity contribution in [2.75, 3.05) is 11.5 Å². The van der Waals surface area contributed by atoms with Gasteiger partial charge in [0.2, 0.25) is 10.0 Å². The number of aryl methyl sites for hydroxylation is 3. The normalized spacial score (nSPS) is 16.1. The fourth-order valence-corrected chi connectivity index (χ4v) is 6.38. The van der Waals surface area contributed by atoms with Gasteiger partial charge in [0.15, 0.2) is 17.0 Å². The Morgan fingerprint density at radius 3 is 2.69 bits per heavy atom. The van der Waals surface area contributed by atoms with E-state index in [0.29, 0.717) is 36.4 Å². The van der Waals surface area contributed by atoms with Gasteiger partial charge in [0, 0.05) is 22.6 Å². The van der Waals surface area contributed by atoms with Crippen LogP contribution in [0.1, 0.15) is 48.2 Å². The molecule has 1 aromatic carbocycles. The second kappa shape index (κ2) is 8.49. The van der Waals surface area contributed by atoms with Crippen molar-refractivity contribution in [2.45, 2.75) is 57.5 Å². The molecule has 5 rings (SSSR count). The average molecular weight is 570 g/mol. The molecule has 170 valence electrons. The Hall–Kier alpha value is -1.86. The molecule has 1 fully saturated rings. The molecule has 2 aliphatic rings. The lowest BCUT2D eigenvalue weighted by atomic mass is 10.0. The number of halogens is 2. The highest BCUT2D eigenvalue weighted by atomic mass is 127. The Morgan fingerprint density at radius 1 is 1.19 bits per heavy atom. The molecule has 0 radical (unpaired) electrons. The summed E-state index contributed by atoms with van der Waals surface area (Å²) in [5, 5.41) is 0. The Morgan fingerprint density at radius 2 is 1.94 bits per heavy atom. The van der Waals surface area contributed by atoms with Crippen molar-refractivity contribution in [3.05, 3.63) is 44.3 Å². The van der Waals surface area contributed by atoms with Crippen LogP contribution in [0.4, 0.5) is 10.2 Å². The minimum absolute atomic E-state index is 0.0119. The summed E-state index contributed by atoms with van der Waals surface area (Å²) in [6.07, 6.45) is 5.10. The van der Waals surface area contributed by atoms with E-state index in [1.165, 1.54) is 17.5 Å². The van der Waals surface area contributed by atoms with Gasteiger partial charge >= 0.3 is 6.08 Å². The van der Waals surface area contributed by atoms with Gasteiger partial charge in [-0.25, -0.2) is 18.1 Å². The first-order valence-electron chi connectivity index (χ1n) is 10.8. The molecule has 0 spiro atoms. The summed E-state index contributed by atoms with van der Waals surface area (Å²) in [6, 6.07) is 4.54. The summed E-state index contributed by atoms with van der Waals surface area (Å²) in [5.74, 6) is 0.649. The number of nitrogen functional groups attached to an aromatic ring is 1. The number of nitrogens with zero attached hydrogens (tertiary/aromatic N) is 4. The molecule has 3 N–H and O–H groups in total. The summed E-state index contributed by atoms with van der Waals surface area (Å²) in [5.41, 5.74) is 10.5. The van der Waals surface area contributed by atoms with Crippen molar-refractivity contribution in [1.29, 1.82) is 0 Å². The van der Waals surface area contributed by atoms with Crippen LogP contribution >= 0.6 is 22.6 Å². The zero-order chi connectivity index (χ0) is 22.5. The molecule has 11 heteroatoms. The summed E-state index contributed by atoms with van der Waals surface area (Å²) < 4.78 is 44.1. The lowest BCUT2D eigenvalue weighted by Crippen LogP contribution is -2.28. The van der Waals surface area contributed by atoms with Crippen molar-refractivity contribution in [2.24, 2.45) is 0 Å². The van der Waals surface area contributed by atoms with Crippen LogP contribution in [-0.2, 0) is 35.8 Å². The van der Waals surface area contributed by atoms with Gasteiger partial charge in [-0.15, -0.1) is 0 Å². The Bertz CT molecular complexity index is 1310. The van der Waals surface area contributed by atoms with Gasteiger partial charge in [-0.05, 0) is 83.9 Å². The van der Waals surface area contributed by atoms with E-state index >= 15 is 0 Å². The van der Waals surface area contributed by atoms with Crippen molar-refractivity contribution in [1.82, 2.24) is 24.2 Å². The maximum atomic E-state index is 13.9. The third-order valence-corrected chi connectivity index (χ3v) is 8.52. The quantitative estimate of drug-likeness (QED) is 0.318. The molecule has 0 saturated heterocycles. The molecule has 32 heavy (non-hydrogen) atoms. The zero-order valence-corrected chi connectivity index (χ0v) is 20.4. The number of fused-ring (bicyclic) bond motifs is 2. The fourth-order valence-electron chi connectivity index (χ4n) is 4.29. The van der Waals surface area contributed by atoms with E-state index in [9.17, 15) is 12.8 Å². The lowest BCUT2D eigenvalue weighted by Gasteiger charge is -2.12. The molecular formula is C21H24FIN6O2S. The second-order valence-corrected chi connectivity index (χ2v) is 11.6. The molecule has 0 bridgehead atoms. The summed E-state index contributed by atoms with van der Waals surface area (Å²) in [6.45, 7) is 0.342. The van der Waals surface area contributed by atoms with Crippen LogP contribution in [-0.4, -0.2) is 39.7 Å². The van der Waals surface area contributed by atoms with Crippen molar-refractivity contribution >= 4 is 49.6 Å². The Kier molecular flexibility index (Phi) is 5.82. The van der Waals surface area contributed by atoms with E-state index in [4.69, 9.17) is 5.73 Å². The standard InChI is InChI=1S/C21H24FIN6O2S/c22-21-26-19(24)18-20(27-21)29(7-2-8-32(30,31)28-15-5-6-15)17(25-18)11-14-9-12-3-1-4-13(12)10-16(14)23/h9-10,15,28H,1-8,11H2,(H2,24,26,27). The molecular weight excluding hydrogens is 546 g/mol. The van der Waals surface area contributed by atoms with Crippen molar-refractivity contribution < 1.29 is 12.8 Å². The molecule has 0 atom stereocenters. The van der Waals surface area contributed by atoms with Gasteiger partial charge in [-0.2, -0.15) is 14.4 Å². The van der Waals surface area contributed by atoms with E-state index in [0.717, 1.165) is 34.8 Å². The number of hydrogen-bond acceptors (Lipinski definition) is 6. The molecule has 0 unspecified atom stereocenters. The molecule has 0 aliphatic heterocycles. The predicted octanol–water partition coefficient (Wildman–Crippen LogP) is 2.70. The van der Waals surface area contributed by atoms with Crippen LogP contribution in [0.3, 0.4) is 0 Å². The van der Waals surface area contributed by atoms with Crippen molar-refractivity contribution in [3.8, 4) is 0 Å². The minimum Gasteiger partial charge on any atom is -0.382 e. The van der Waals surface area contributed by atoms with Gasteiger partial charge in [0.25, 0.3) is 0 Å². The highest BCUT2D eigenvalue weighted by molar-refractivity contribution is 14.1. The number of anilines is 1. The predicted molar refractivity (Wildman–Crippen MR) is 128 cm³/mol. The molecule has 2 aromatic heterocycles. The van der Waals surface area contributed by atoms with E-state index in [1.54, 1.807) is 4.57 Å². The zero-order valence-electron chi connectivity index (χ0n) is 17.4. The Balaban J connectivity index is 1.46. The summed E-state index contributed by atoms with van der Waals surface area (Å²) >= 11 is 2.34. The lowest BCUT2D eigenvalue weighted by molar-refractivity contribution is 0.540. The summed E-state index contributed by atoms with van der Waals surface area (Å²) in [4.78, 5) is 12.2. The molecule has 8 nitrogen and oxygen atoms in total. The van der Waals surface area contributed by atoms with Gasteiger partial charge in [0.1, 0.15) is 5.82 Å². The maximum absolute atomic E-state index is 13.9. The largest absolute Gasteiger partial charge is 0.382 e. The first-order valence-corrected chi connectivity index (χ1v) is 13.5. The highest BCUT2D eigenvalue weighted by Crippen LogP contribution is 2.29. The number of imidazole rings is 1. The van der Waals surface area contributed by atoms with Crippen molar-refractivity contribution in [3.63, 3.8) is 0 Å². The van der Waals surface area contributed by atoms with Gasteiger partial charge in [0.05, 0.1) is 5.75 Å². The number of nitrogens with one attached hydrogen (secondary N) is 1. The topological polar surface area (TPSA) is 116 Å². The van der Waals surface area contributed by atoms with Crippen LogP contribution < -0.4 is 10.5 Å². The van der Waals surface area contributed by atoms with Crippen LogP contribution in [0.5, 0.6) is 0 Å². The number of benzene rings is 1. The Labute approximate surface area is 199 Å². The average Bonchev–Trinajstić information content (AvgIpc) is 3.28. The number of nitrogens with two attached hydrogens (primary N) is 1. The maximum Gasteiger partial charge on any atom is 0.312 e. The number of sulfonamides is 1. The third-order valence-electron chi connectivity index (χ3n) is 6.00. The summed E-state index contributed by atoms with van der Waals surface area (Å²) in [7, 11) is -3.34. The number of hydrogen-bond donors (Lipinski definition) is 2. The molecule has 0 amide bonds. The number of aromatic nitrogens is 4. The van der Waals surface area contributed by atoms with Crippen LogP contribution in [0.2, 0.25) is 0 Å². The molecule has 3 aromatic rings. The molecule has 2 heterocycles. The number of rotatable bonds is 8. The smallest absolute Gasteiger partial charge is 0.312 e. The van der Waals surface area contributed by atoms with E-state index in [-0.39, 0.29) is 17.6 Å². The van der Waals surface area contributed by atoms with Crippen LogP contribution in [0.25, 0.3) is 11.2 Å². The van der Waals surface area contributed by atoms with E-state index in [2.05, 4.69) is 54.4 Å². The first-order chi connectivity index (χ1) is 15.3. The molecule has 2 aliphatic carbocycles. The van der Waals surface area contributed by atoms with Gasteiger partial charge in [-0.1, -0.05) is 6.07 Å². The van der Waals surface area contributed by atoms with E-state index < -0.39 is 16.1 Å². The van der Waals surface area contributed by atoms with Crippen LogP contribution in [0, 0.1) is 9.65 Å². The highest BCUT2D eigenvalue weighted by Gasteiger charge is 2.27. The van der Waals surface area contributed by atoms with Crippen LogP contribution in [0.15, 0.2) is 12.1 Å². The monoisotopic (exact) mass is 570 g/mol.